The highest BCUT2D eigenvalue weighted by atomic mass is 16.5. The van der Waals surface area contributed by atoms with Crippen LogP contribution in [-0.2, 0) is 12.8 Å². The Morgan fingerprint density at radius 2 is 1.96 bits per heavy atom. The van der Waals surface area contributed by atoms with Gasteiger partial charge in [0.15, 0.2) is 0 Å². The predicted molar refractivity (Wildman–Crippen MR) is 104 cm³/mol. The van der Waals surface area contributed by atoms with Crippen molar-refractivity contribution < 1.29 is 9.84 Å². The van der Waals surface area contributed by atoms with Crippen LogP contribution in [0, 0.1) is 0 Å². The number of aliphatic hydroxyl groups is 1. The lowest BCUT2D eigenvalue weighted by molar-refractivity contribution is 0.104. The molecule has 0 fully saturated rings. The molecule has 0 amide bonds. The maximum Gasteiger partial charge on any atom is 0.128 e. The molecule has 1 heterocycles. The number of hydrogen-bond donors (Lipinski definition) is 2. The van der Waals surface area contributed by atoms with Crippen LogP contribution < -0.4 is 10.1 Å². The molecule has 3 aromatic rings. The first-order chi connectivity index (χ1) is 12.8. The van der Waals surface area contributed by atoms with Crippen LogP contribution in [0.25, 0.3) is 10.9 Å². The molecule has 26 heavy (non-hydrogen) atoms. The van der Waals surface area contributed by atoms with Gasteiger partial charge in [0, 0.05) is 24.2 Å². The van der Waals surface area contributed by atoms with Crippen molar-refractivity contribution in [2.45, 2.75) is 31.4 Å². The van der Waals surface area contributed by atoms with Crippen LogP contribution in [0.15, 0.2) is 60.8 Å². The van der Waals surface area contributed by atoms with Gasteiger partial charge in [0.1, 0.15) is 18.5 Å². The summed E-state index contributed by atoms with van der Waals surface area (Å²) in [6, 6.07) is 18.7. The molecule has 0 saturated carbocycles. The molecule has 2 N–H and O–H groups in total. The van der Waals surface area contributed by atoms with Crippen molar-refractivity contribution in [2.75, 3.05) is 13.2 Å². The molecular weight excluding hydrogens is 324 g/mol. The van der Waals surface area contributed by atoms with Crippen LogP contribution >= 0.6 is 0 Å². The number of fused-ring (bicyclic) bond motifs is 2. The van der Waals surface area contributed by atoms with Crippen molar-refractivity contribution >= 4 is 10.9 Å². The van der Waals surface area contributed by atoms with Gasteiger partial charge >= 0.3 is 0 Å². The largest absolute Gasteiger partial charge is 0.490 e. The van der Waals surface area contributed by atoms with E-state index >= 15 is 0 Å². The highest BCUT2D eigenvalue weighted by Crippen LogP contribution is 2.24. The molecule has 134 valence electrons. The minimum Gasteiger partial charge on any atom is -0.490 e. The van der Waals surface area contributed by atoms with Crippen molar-refractivity contribution in [1.29, 1.82) is 0 Å². The Morgan fingerprint density at radius 3 is 2.88 bits per heavy atom. The first-order valence-electron chi connectivity index (χ1n) is 9.24. The minimum absolute atomic E-state index is 0.268. The average molecular weight is 348 g/mol. The van der Waals surface area contributed by atoms with E-state index in [2.05, 4.69) is 34.6 Å². The SMILES string of the molecule is OC(CNC1CCc2ccccc2C1)COc1cccc2ncccc12. The zero-order valence-corrected chi connectivity index (χ0v) is 14.8. The Morgan fingerprint density at radius 1 is 1.08 bits per heavy atom. The number of pyridine rings is 1. The fourth-order valence-corrected chi connectivity index (χ4v) is 3.62. The number of rotatable bonds is 6. The first kappa shape index (κ1) is 17.0. The van der Waals surface area contributed by atoms with Gasteiger partial charge in [0.2, 0.25) is 0 Å². The summed E-state index contributed by atoms with van der Waals surface area (Å²) < 4.78 is 5.85. The number of benzene rings is 2. The normalized spacial score (nSPS) is 17.7. The second-order valence-corrected chi connectivity index (χ2v) is 6.91. The van der Waals surface area contributed by atoms with Gasteiger partial charge in [0.25, 0.3) is 0 Å². The maximum absolute atomic E-state index is 10.3. The van der Waals surface area contributed by atoms with Crippen molar-refractivity contribution in [2.24, 2.45) is 0 Å². The zero-order valence-electron chi connectivity index (χ0n) is 14.8. The summed E-state index contributed by atoms with van der Waals surface area (Å²) in [7, 11) is 0. The van der Waals surface area contributed by atoms with Crippen molar-refractivity contribution in [3.8, 4) is 5.75 Å². The minimum atomic E-state index is -0.543. The number of nitrogens with zero attached hydrogens (tertiary/aromatic N) is 1. The summed E-state index contributed by atoms with van der Waals surface area (Å²) in [5.74, 6) is 0.765. The molecule has 2 unspecified atom stereocenters. The van der Waals surface area contributed by atoms with E-state index in [1.165, 1.54) is 11.1 Å². The van der Waals surface area contributed by atoms with Gasteiger partial charge in [-0.25, -0.2) is 0 Å². The summed E-state index contributed by atoms with van der Waals surface area (Å²) >= 11 is 0. The lowest BCUT2D eigenvalue weighted by atomic mass is 9.88. The average Bonchev–Trinajstić information content (AvgIpc) is 2.70. The number of hydrogen-bond acceptors (Lipinski definition) is 4. The summed E-state index contributed by atoms with van der Waals surface area (Å²) in [4.78, 5) is 4.33. The maximum atomic E-state index is 10.3. The zero-order chi connectivity index (χ0) is 17.8. The Hall–Kier alpha value is -2.43. The number of aromatic nitrogens is 1. The van der Waals surface area contributed by atoms with E-state index in [9.17, 15) is 5.11 Å². The van der Waals surface area contributed by atoms with Crippen molar-refractivity contribution in [3.05, 3.63) is 71.9 Å². The summed E-state index contributed by atoms with van der Waals surface area (Å²) in [6.07, 6.45) is 4.47. The Kier molecular flexibility index (Phi) is 5.14. The molecule has 4 heteroatoms. The molecule has 2 atom stereocenters. The highest BCUT2D eigenvalue weighted by Gasteiger charge is 2.18. The molecular formula is C22H24N2O2. The lowest BCUT2D eigenvalue weighted by Crippen LogP contribution is -2.40. The van der Waals surface area contributed by atoms with E-state index in [4.69, 9.17) is 4.74 Å². The fourth-order valence-electron chi connectivity index (χ4n) is 3.62. The number of aryl methyl sites for hydroxylation is 1. The van der Waals surface area contributed by atoms with Gasteiger partial charge in [-0.2, -0.15) is 0 Å². The Bertz CT molecular complexity index is 875. The van der Waals surface area contributed by atoms with E-state index in [1.807, 2.05) is 30.3 Å². The molecule has 1 aliphatic carbocycles. The smallest absolute Gasteiger partial charge is 0.128 e. The quantitative estimate of drug-likeness (QED) is 0.719. The highest BCUT2D eigenvalue weighted by molar-refractivity contribution is 5.84. The lowest BCUT2D eigenvalue weighted by Gasteiger charge is -2.26. The third-order valence-corrected chi connectivity index (χ3v) is 5.03. The van der Waals surface area contributed by atoms with Crippen LogP contribution in [-0.4, -0.2) is 35.4 Å². The van der Waals surface area contributed by atoms with E-state index < -0.39 is 6.10 Å². The first-order valence-corrected chi connectivity index (χ1v) is 9.24. The van der Waals surface area contributed by atoms with Crippen LogP contribution in [0.5, 0.6) is 5.75 Å². The van der Waals surface area contributed by atoms with E-state index in [0.29, 0.717) is 12.6 Å². The van der Waals surface area contributed by atoms with Gasteiger partial charge in [-0.15, -0.1) is 0 Å². The molecule has 0 radical (unpaired) electrons. The van der Waals surface area contributed by atoms with Crippen LogP contribution in [0.3, 0.4) is 0 Å². The molecule has 4 rings (SSSR count). The molecule has 0 bridgehead atoms. The molecule has 0 saturated heterocycles. The molecule has 0 aliphatic heterocycles. The molecule has 1 aliphatic rings. The van der Waals surface area contributed by atoms with Crippen molar-refractivity contribution in [1.82, 2.24) is 10.3 Å². The topological polar surface area (TPSA) is 54.4 Å². The summed E-state index contributed by atoms with van der Waals surface area (Å²) in [6.45, 7) is 0.806. The van der Waals surface area contributed by atoms with Crippen LogP contribution in [0.1, 0.15) is 17.5 Å². The molecule has 1 aromatic heterocycles. The molecule has 4 nitrogen and oxygen atoms in total. The number of ether oxygens (including phenoxy) is 1. The number of aliphatic hydroxyl groups excluding tert-OH is 1. The monoisotopic (exact) mass is 348 g/mol. The number of nitrogens with one attached hydrogen (secondary N) is 1. The predicted octanol–water partition coefficient (Wildman–Crippen LogP) is 3.12. The second-order valence-electron chi connectivity index (χ2n) is 6.91. The fraction of sp³-hybridized carbons (Fsp3) is 0.318. The summed E-state index contributed by atoms with van der Waals surface area (Å²) in [5, 5.41) is 14.8. The van der Waals surface area contributed by atoms with E-state index in [1.54, 1.807) is 6.20 Å². The van der Waals surface area contributed by atoms with Gasteiger partial charge in [-0.1, -0.05) is 30.3 Å². The summed E-state index contributed by atoms with van der Waals surface area (Å²) in [5.41, 5.74) is 3.78. The van der Waals surface area contributed by atoms with Gasteiger partial charge in [-0.3, -0.25) is 4.98 Å². The Balaban J connectivity index is 1.29. The van der Waals surface area contributed by atoms with E-state index in [-0.39, 0.29) is 6.61 Å². The van der Waals surface area contributed by atoms with Gasteiger partial charge in [-0.05, 0) is 54.7 Å². The van der Waals surface area contributed by atoms with Gasteiger partial charge in [0.05, 0.1) is 5.52 Å². The van der Waals surface area contributed by atoms with E-state index in [0.717, 1.165) is 35.9 Å². The second kappa shape index (κ2) is 7.85. The third kappa shape index (κ3) is 3.87. The standard InChI is InChI=1S/C22H24N2O2/c25-19(14-24-18-11-10-16-5-1-2-6-17(16)13-18)15-26-22-9-3-8-21-20(22)7-4-12-23-21/h1-9,12,18-19,24-25H,10-11,13-15H2. The molecule has 0 spiro atoms. The molecule has 2 aromatic carbocycles. The third-order valence-electron chi connectivity index (χ3n) is 5.03. The van der Waals surface area contributed by atoms with Gasteiger partial charge < -0.3 is 15.2 Å². The Labute approximate surface area is 153 Å². The van der Waals surface area contributed by atoms with Crippen LogP contribution in [0.4, 0.5) is 0 Å². The van der Waals surface area contributed by atoms with Crippen molar-refractivity contribution in [3.63, 3.8) is 0 Å². The van der Waals surface area contributed by atoms with Crippen LogP contribution in [0.2, 0.25) is 0 Å².